The molecule has 0 radical (unpaired) electrons. The fourth-order valence-electron chi connectivity index (χ4n) is 2.28. The van der Waals surface area contributed by atoms with E-state index in [2.05, 4.69) is 10.6 Å². The van der Waals surface area contributed by atoms with E-state index in [1.165, 1.54) is 6.07 Å². The highest BCUT2D eigenvalue weighted by molar-refractivity contribution is 7.80. The number of anilines is 1. The maximum Gasteiger partial charge on any atom is 0.170 e. The lowest BCUT2D eigenvalue weighted by molar-refractivity contribution is 0.354. The number of aryl methyl sites for hydroxylation is 1. The van der Waals surface area contributed by atoms with Gasteiger partial charge in [-0.05, 0) is 54.9 Å². The highest BCUT2D eigenvalue weighted by atomic mass is 32.1. The Balaban J connectivity index is 1.77. The number of hydrogen-bond acceptors (Lipinski definition) is 3. The summed E-state index contributed by atoms with van der Waals surface area (Å²) in [6.07, 6.45) is 1.68. The van der Waals surface area contributed by atoms with Crippen LogP contribution in [0.1, 0.15) is 12.0 Å². The number of ether oxygens (including phenoxy) is 2. The molecule has 0 atom stereocenters. The lowest BCUT2D eigenvalue weighted by Crippen LogP contribution is -2.29. The van der Waals surface area contributed by atoms with Crippen molar-refractivity contribution in [2.45, 2.75) is 12.8 Å². The van der Waals surface area contributed by atoms with Crippen LogP contribution >= 0.6 is 12.2 Å². The number of thiocarbonyl (C=S) groups is 1. The molecule has 0 saturated carbocycles. The average molecular weight is 366 g/mol. The minimum Gasteiger partial charge on any atom is -0.493 e. The van der Waals surface area contributed by atoms with Crippen LogP contribution in [0.25, 0.3) is 0 Å². The van der Waals surface area contributed by atoms with Crippen molar-refractivity contribution in [3.05, 3.63) is 53.6 Å². The van der Waals surface area contributed by atoms with Crippen LogP contribution in [-0.2, 0) is 6.42 Å². The number of benzene rings is 2. The first kappa shape index (κ1) is 18.9. The van der Waals surface area contributed by atoms with Gasteiger partial charge < -0.3 is 20.1 Å². The maximum absolute atomic E-state index is 13.1. The molecule has 2 aromatic rings. The molecule has 2 N–H and O–H groups in total. The summed E-state index contributed by atoms with van der Waals surface area (Å²) in [6, 6.07) is 9.34. The Hall–Kier alpha value is -2.41. The molecule has 0 bridgehead atoms. The molecule has 0 fully saturated rings. The zero-order valence-electron chi connectivity index (χ0n) is 14.1. The Kier molecular flexibility index (Phi) is 6.94. The third kappa shape index (κ3) is 5.56. The Labute approximate surface area is 151 Å². The van der Waals surface area contributed by atoms with Gasteiger partial charge in [0.15, 0.2) is 28.2 Å². The largest absolute Gasteiger partial charge is 0.493 e. The van der Waals surface area contributed by atoms with Gasteiger partial charge in [0.1, 0.15) is 0 Å². The van der Waals surface area contributed by atoms with Crippen molar-refractivity contribution in [3.63, 3.8) is 0 Å². The fraction of sp³-hybridized carbons (Fsp3) is 0.278. The van der Waals surface area contributed by atoms with Gasteiger partial charge >= 0.3 is 0 Å². The van der Waals surface area contributed by atoms with E-state index >= 15 is 0 Å². The van der Waals surface area contributed by atoms with E-state index in [9.17, 15) is 8.78 Å². The van der Waals surface area contributed by atoms with Crippen molar-refractivity contribution in [2.75, 3.05) is 26.1 Å². The Morgan fingerprint density at radius 3 is 2.44 bits per heavy atom. The van der Waals surface area contributed by atoms with Gasteiger partial charge in [0.05, 0.1) is 14.2 Å². The molecule has 0 amide bonds. The van der Waals surface area contributed by atoms with Crippen LogP contribution in [0.5, 0.6) is 11.5 Å². The molecule has 2 aromatic carbocycles. The molecule has 0 unspecified atom stereocenters. The SMILES string of the molecule is COc1ccc(CCCNC(=S)Nc2ccc(F)c(F)c2)cc1OC. The van der Waals surface area contributed by atoms with Crippen LogP contribution in [-0.4, -0.2) is 25.9 Å². The zero-order valence-corrected chi connectivity index (χ0v) is 14.9. The van der Waals surface area contributed by atoms with Crippen LogP contribution in [0, 0.1) is 11.6 Å². The number of halogens is 2. The van der Waals surface area contributed by atoms with Crippen molar-refractivity contribution in [2.24, 2.45) is 0 Å². The fourth-order valence-corrected chi connectivity index (χ4v) is 2.50. The zero-order chi connectivity index (χ0) is 18.2. The Morgan fingerprint density at radius 2 is 1.76 bits per heavy atom. The molecule has 25 heavy (non-hydrogen) atoms. The molecule has 0 aliphatic carbocycles. The van der Waals surface area contributed by atoms with E-state index in [-0.39, 0.29) is 0 Å². The molecule has 0 aliphatic heterocycles. The average Bonchev–Trinajstić information content (AvgIpc) is 2.61. The topological polar surface area (TPSA) is 42.5 Å². The van der Waals surface area contributed by atoms with Gasteiger partial charge in [0.2, 0.25) is 0 Å². The molecule has 0 heterocycles. The number of nitrogens with one attached hydrogen (secondary N) is 2. The van der Waals surface area contributed by atoms with Crippen molar-refractivity contribution in [1.29, 1.82) is 0 Å². The highest BCUT2D eigenvalue weighted by Gasteiger charge is 2.05. The predicted molar refractivity (Wildman–Crippen MR) is 98.4 cm³/mol. The molecule has 0 spiro atoms. The summed E-state index contributed by atoms with van der Waals surface area (Å²) in [5, 5.41) is 6.21. The van der Waals surface area contributed by atoms with Crippen molar-refractivity contribution < 1.29 is 18.3 Å². The minimum absolute atomic E-state index is 0.360. The van der Waals surface area contributed by atoms with Gasteiger partial charge in [-0.3, -0.25) is 0 Å². The summed E-state index contributed by atoms with van der Waals surface area (Å²) in [6.45, 7) is 0.643. The Bertz CT molecular complexity index is 741. The lowest BCUT2D eigenvalue weighted by Gasteiger charge is -2.12. The summed E-state index contributed by atoms with van der Waals surface area (Å²) >= 11 is 5.14. The van der Waals surface area contributed by atoms with Crippen molar-refractivity contribution in [3.8, 4) is 11.5 Å². The minimum atomic E-state index is -0.916. The first-order valence-corrected chi connectivity index (χ1v) is 8.15. The summed E-state index contributed by atoms with van der Waals surface area (Å²) in [4.78, 5) is 0. The summed E-state index contributed by atoms with van der Waals surface area (Å²) in [7, 11) is 3.20. The van der Waals surface area contributed by atoms with E-state index < -0.39 is 11.6 Å². The molecule has 134 valence electrons. The second-order valence-corrected chi connectivity index (χ2v) is 5.71. The smallest absolute Gasteiger partial charge is 0.170 e. The third-order valence-corrected chi connectivity index (χ3v) is 3.80. The summed E-state index contributed by atoms with van der Waals surface area (Å²) < 4.78 is 36.5. The van der Waals surface area contributed by atoms with Gasteiger partial charge in [-0.25, -0.2) is 8.78 Å². The quantitative estimate of drug-likeness (QED) is 0.575. The van der Waals surface area contributed by atoms with E-state index in [4.69, 9.17) is 21.7 Å². The van der Waals surface area contributed by atoms with Gasteiger partial charge in [0, 0.05) is 18.3 Å². The summed E-state index contributed by atoms with van der Waals surface area (Å²) in [5.41, 5.74) is 1.52. The standard InChI is InChI=1S/C18H20F2N2O2S/c1-23-16-8-5-12(10-17(16)24-2)4-3-9-21-18(25)22-13-6-7-14(19)15(20)11-13/h5-8,10-11H,3-4,9H2,1-2H3,(H2,21,22,25). The molecule has 4 nitrogen and oxygen atoms in total. The van der Waals surface area contributed by atoms with E-state index in [0.717, 1.165) is 30.5 Å². The molecule has 0 saturated heterocycles. The third-order valence-electron chi connectivity index (χ3n) is 3.55. The van der Waals surface area contributed by atoms with E-state index in [1.807, 2.05) is 18.2 Å². The number of methoxy groups -OCH3 is 2. The summed E-state index contributed by atoms with van der Waals surface area (Å²) in [5.74, 6) is -0.412. The van der Waals surface area contributed by atoms with Crippen molar-refractivity contribution >= 4 is 23.0 Å². The second-order valence-electron chi connectivity index (χ2n) is 5.30. The maximum atomic E-state index is 13.1. The van der Waals surface area contributed by atoms with Crippen LogP contribution in [0.2, 0.25) is 0 Å². The monoisotopic (exact) mass is 366 g/mol. The van der Waals surface area contributed by atoms with Crippen LogP contribution in [0.15, 0.2) is 36.4 Å². The van der Waals surface area contributed by atoms with Crippen LogP contribution in [0.4, 0.5) is 14.5 Å². The molecule has 0 aliphatic rings. The number of hydrogen-bond donors (Lipinski definition) is 2. The normalized spacial score (nSPS) is 10.2. The number of rotatable bonds is 7. The van der Waals surface area contributed by atoms with Gasteiger partial charge in [-0.2, -0.15) is 0 Å². The molecule has 7 heteroatoms. The van der Waals surface area contributed by atoms with E-state index in [1.54, 1.807) is 14.2 Å². The van der Waals surface area contributed by atoms with Crippen LogP contribution in [0.3, 0.4) is 0 Å². The molecular formula is C18H20F2N2O2S. The predicted octanol–water partition coefficient (Wildman–Crippen LogP) is 3.90. The first-order valence-electron chi connectivity index (χ1n) is 7.74. The second kappa shape index (κ2) is 9.17. The molecule has 2 rings (SSSR count). The van der Waals surface area contributed by atoms with Gasteiger partial charge in [-0.1, -0.05) is 6.07 Å². The van der Waals surface area contributed by atoms with Crippen LogP contribution < -0.4 is 20.1 Å². The highest BCUT2D eigenvalue weighted by Crippen LogP contribution is 2.27. The molecular weight excluding hydrogens is 346 g/mol. The van der Waals surface area contributed by atoms with E-state index in [0.29, 0.717) is 28.8 Å². The van der Waals surface area contributed by atoms with Crippen molar-refractivity contribution in [1.82, 2.24) is 5.32 Å². The lowest BCUT2D eigenvalue weighted by atomic mass is 10.1. The van der Waals surface area contributed by atoms with Gasteiger partial charge in [0.25, 0.3) is 0 Å². The first-order chi connectivity index (χ1) is 12.0. The van der Waals surface area contributed by atoms with Gasteiger partial charge in [-0.15, -0.1) is 0 Å². The Morgan fingerprint density at radius 1 is 1.00 bits per heavy atom. The molecule has 0 aromatic heterocycles.